The highest BCUT2D eigenvalue weighted by atomic mass is 16.3. The number of hydrogen-bond acceptors (Lipinski definition) is 4. The Labute approximate surface area is 689 Å². The highest BCUT2D eigenvalue weighted by molar-refractivity contribution is 6.40. The average Bonchev–Trinajstić information content (AvgIpc) is 1.37. The van der Waals surface area contributed by atoms with E-state index in [1.54, 1.807) is 0 Å². The van der Waals surface area contributed by atoms with Gasteiger partial charge in [0.05, 0.1) is 0 Å². The summed E-state index contributed by atoms with van der Waals surface area (Å²) in [4.78, 5) is 0. The fourth-order valence-electron chi connectivity index (χ4n) is 19.6. The molecule has 0 aliphatic heterocycles. The molecule has 0 amide bonds. The average molecular weight is 1530 g/mol. The van der Waals surface area contributed by atoms with E-state index in [1.165, 1.54) is 154 Å². The van der Waals surface area contributed by atoms with Crippen molar-refractivity contribution in [2.45, 2.75) is 146 Å². The lowest BCUT2D eigenvalue weighted by atomic mass is 9.83. The normalized spacial score (nSPS) is 12.8. The first-order valence-electron chi connectivity index (χ1n) is 42.0. The first-order chi connectivity index (χ1) is 56.4. The first-order valence-corrected chi connectivity index (χ1v) is 42.0. The second-order valence-electron chi connectivity index (χ2n) is 38.5. The van der Waals surface area contributed by atoms with E-state index in [4.69, 9.17) is 17.7 Å². The molecule has 0 aliphatic carbocycles. The molecule has 0 unspecified atom stereocenters. The van der Waals surface area contributed by atoms with Gasteiger partial charge >= 0.3 is 0 Å². The highest BCUT2D eigenvalue weighted by Crippen LogP contribution is 2.55. The summed E-state index contributed by atoms with van der Waals surface area (Å²) in [5.74, 6) is 0. The maximum Gasteiger partial charge on any atom is 0.143 e. The van der Waals surface area contributed by atoms with Crippen molar-refractivity contribution in [3.05, 3.63) is 310 Å². The van der Waals surface area contributed by atoms with Gasteiger partial charge in [0.1, 0.15) is 44.7 Å². The van der Waals surface area contributed by atoms with Gasteiger partial charge in [-0.05, 0) is 271 Å². The molecule has 0 saturated carbocycles. The zero-order valence-corrected chi connectivity index (χ0v) is 70.9. The Balaban J connectivity index is 0.000000151. The third-order valence-corrected chi connectivity index (χ3v) is 25.6. The van der Waals surface area contributed by atoms with Crippen molar-refractivity contribution in [3.63, 3.8) is 0 Å². The Morgan fingerprint density at radius 2 is 0.449 bits per heavy atom. The molecular weight excluding hydrogens is 1430 g/mol. The van der Waals surface area contributed by atoms with Gasteiger partial charge in [-0.15, -0.1) is 0 Å². The summed E-state index contributed by atoms with van der Waals surface area (Å²) in [6.07, 6.45) is 0. The molecule has 4 heterocycles. The molecule has 118 heavy (non-hydrogen) atoms. The van der Waals surface area contributed by atoms with Crippen molar-refractivity contribution in [3.8, 4) is 66.8 Å². The van der Waals surface area contributed by atoms with E-state index in [0.29, 0.717) is 0 Å². The number of rotatable bonds is 6. The van der Waals surface area contributed by atoms with Crippen LogP contribution in [0.25, 0.3) is 219 Å². The van der Waals surface area contributed by atoms with E-state index >= 15 is 0 Å². The van der Waals surface area contributed by atoms with Gasteiger partial charge < -0.3 is 17.7 Å². The molecule has 0 radical (unpaired) electrons. The zero-order valence-electron chi connectivity index (χ0n) is 70.9. The maximum atomic E-state index is 7.16. The van der Waals surface area contributed by atoms with E-state index in [1.807, 2.05) is 0 Å². The topological polar surface area (TPSA) is 52.6 Å². The summed E-state index contributed by atoms with van der Waals surface area (Å²) >= 11 is 0. The van der Waals surface area contributed by atoms with Crippen LogP contribution in [0.5, 0.6) is 0 Å². The van der Waals surface area contributed by atoms with Crippen LogP contribution in [0.3, 0.4) is 0 Å². The van der Waals surface area contributed by atoms with Crippen molar-refractivity contribution in [2.24, 2.45) is 0 Å². The molecule has 0 atom stereocenters. The third-order valence-electron chi connectivity index (χ3n) is 25.6. The Bertz CT molecular complexity index is 7470. The quantitative estimate of drug-likeness (QED) is 0.156. The second-order valence-corrected chi connectivity index (χ2v) is 38.5. The predicted molar refractivity (Wildman–Crippen MR) is 505 cm³/mol. The molecule has 0 bridgehead atoms. The summed E-state index contributed by atoms with van der Waals surface area (Å²) in [5, 5.41) is 23.4. The number of benzene rings is 18. The van der Waals surface area contributed by atoms with Crippen molar-refractivity contribution < 1.29 is 17.7 Å². The van der Waals surface area contributed by atoms with Gasteiger partial charge in [-0.3, -0.25) is 0 Å². The largest absolute Gasteiger partial charge is 0.455 e. The fourth-order valence-corrected chi connectivity index (χ4v) is 19.6. The smallest absolute Gasteiger partial charge is 0.143 e. The Morgan fingerprint density at radius 3 is 0.763 bits per heavy atom. The van der Waals surface area contributed by atoms with Gasteiger partial charge in [-0.2, -0.15) is 0 Å². The number of hydrogen-bond donors (Lipinski definition) is 0. The monoisotopic (exact) mass is 1530 g/mol. The van der Waals surface area contributed by atoms with Crippen molar-refractivity contribution >= 4 is 152 Å². The molecule has 4 nitrogen and oxygen atoms in total. The van der Waals surface area contributed by atoms with Crippen LogP contribution < -0.4 is 0 Å². The molecule has 0 saturated heterocycles. The lowest BCUT2D eigenvalue weighted by molar-refractivity contribution is 0.590. The summed E-state index contributed by atoms with van der Waals surface area (Å²) < 4.78 is 28.2. The number of fused-ring (bicyclic) bond motifs is 16. The molecule has 0 N–H and O–H groups in total. The fraction of sp³-hybridized carbons (Fsp3) is 0.193. The van der Waals surface area contributed by atoms with Gasteiger partial charge in [0.2, 0.25) is 0 Å². The molecule has 4 aromatic heterocycles. The number of furan rings is 4. The molecule has 18 aromatic carbocycles. The lowest BCUT2D eigenvalue weighted by Crippen LogP contribution is -2.10. The summed E-state index contributed by atoms with van der Waals surface area (Å²) in [7, 11) is 0. The summed E-state index contributed by atoms with van der Waals surface area (Å²) in [6, 6.07) is 95.9. The van der Waals surface area contributed by atoms with E-state index in [-0.39, 0.29) is 21.7 Å². The van der Waals surface area contributed by atoms with Crippen LogP contribution in [-0.2, 0) is 21.7 Å². The lowest BCUT2D eigenvalue weighted by Gasteiger charge is -2.19. The second kappa shape index (κ2) is 25.9. The van der Waals surface area contributed by atoms with Crippen molar-refractivity contribution in [2.75, 3.05) is 0 Å². The Morgan fingerprint density at radius 1 is 0.169 bits per heavy atom. The van der Waals surface area contributed by atoms with Crippen molar-refractivity contribution in [1.82, 2.24) is 0 Å². The summed E-state index contributed by atoms with van der Waals surface area (Å²) in [6.45, 7) is 40.4. The van der Waals surface area contributed by atoms with E-state index in [2.05, 4.69) is 379 Å². The molecular formula is C114H96O4. The maximum absolute atomic E-state index is 7.16. The van der Waals surface area contributed by atoms with Crippen LogP contribution in [0, 0.1) is 41.5 Å². The third kappa shape index (κ3) is 11.7. The standard InChI is InChI=1S/C64H54O2.C50H42O2/c1-35-23-36(2)26-43(25-35)49-31-55-60-52(34-54-48-22-16-42(30-58(48)65-61(54)55)40-13-19-46(20-14-40)64(8,9)10)50(44-27-37(3)24-38(4)28-44)32-56-59(60)51(49)33-53-47-21-15-41(29-57(47)66-62(53)56)39-11-17-45(18-12-39)63(5,6)7;1-27-11-9-13-29(19-27)33-23-41-46-38(26-40-36-22-32(50(6,7)8)16-18-44(36)51-47(40)41)34(30-14-10-12-28(2)20-30)24-42-45(46)37(33)25-39-35-21-31(49(3,4)5)15-17-43(35)52-48(39)42/h11-34H,1-10H3;9-26H,1-8H3. The van der Waals surface area contributed by atoms with Gasteiger partial charge in [0, 0.05) is 86.2 Å². The first kappa shape index (κ1) is 72.9. The predicted octanol–water partition coefficient (Wildman–Crippen LogP) is 33.8. The van der Waals surface area contributed by atoms with Gasteiger partial charge in [0.25, 0.3) is 0 Å². The molecule has 0 fully saturated rings. The van der Waals surface area contributed by atoms with E-state index < -0.39 is 0 Å². The van der Waals surface area contributed by atoms with Crippen molar-refractivity contribution in [1.29, 1.82) is 0 Å². The highest BCUT2D eigenvalue weighted by Gasteiger charge is 2.30. The Kier molecular flexibility index (Phi) is 16.0. The van der Waals surface area contributed by atoms with Crippen LogP contribution in [0.1, 0.15) is 139 Å². The minimum atomic E-state index is 0.0184. The number of aryl methyl sites for hydroxylation is 6. The Hall–Kier alpha value is -12.8. The van der Waals surface area contributed by atoms with Gasteiger partial charge in [-0.1, -0.05) is 274 Å². The van der Waals surface area contributed by atoms with Crippen LogP contribution >= 0.6 is 0 Å². The SMILES string of the molecule is Cc1cc(C)cc(-c2cc3c4oc5cc(-c6ccc(C(C)(C)C)cc6)ccc5c4cc4c(-c5cc(C)cc(C)c5)cc5c6oc7cc(-c8ccc(C(C)(C)C)cc8)ccc7c6cc2c5c43)c1.Cc1cccc(-c2cc3c4oc5ccc(C(C)(C)C)cc5c4cc4c(-c5cccc(C)c5)cc5c6oc7ccc(C(C)(C)C)cc7c6cc2c5c43)c1. The molecule has 0 spiro atoms. The van der Waals surface area contributed by atoms with Crippen LogP contribution in [0.4, 0.5) is 0 Å². The zero-order chi connectivity index (χ0) is 81.4. The van der Waals surface area contributed by atoms with Gasteiger partial charge in [0.15, 0.2) is 0 Å². The van der Waals surface area contributed by atoms with Crippen LogP contribution in [0.15, 0.2) is 272 Å². The molecule has 22 aromatic rings. The molecule has 4 heteroatoms. The molecule has 22 rings (SSSR count). The van der Waals surface area contributed by atoms with E-state index in [0.717, 1.165) is 120 Å². The van der Waals surface area contributed by atoms with Gasteiger partial charge in [-0.25, -0.2) is 0 Å². The minimum absolute atomic E-state index is 0.0184. The van der Waals surface area contributed by atoms with E-state index in [9.17, 15) is 0 Å². The minimum Gasteiger partial charge on any atom is -0.455 e. The van der Waals surface area contributed by atoms with Crippen LogP contribution in [0.2, 0.25) is 0 Å². The molecule has 0 aliphatic rings. The summed E-state index contributed by atoms with van der Waals surface area (Å²) in [5.41, 5.74) is 34.5. The molecule has 576 valence electrons. The van der Waals surface area contributed by atoms with Crippen LogP contribution in [-0.4, -0.2) is 0 Å².